The Morgan fingerprint density at radius 2 is 2.33 bits per heavy atom. The first-order valence-electron chi connectivity index (χ1n) is 4.07. The Balaban J connectivity index is 3.00. The highest BCUT2D eigenvalue weighted by Crippen LogP contribution is 2.30. The molecule has 15 heavy (non-hydrogen) atoms. The van der Waals surface area contributed by atoms with Crippen LogP contribution in [0, 0.1) is 22.5 Å². The zero-order valence-electron chi connectivity index (χ0n) is 8.10. The van der Waals surface area contributed by atoms with Crippen molar-refractivity contribution in [1.82, 2.24) is 0 Å². The SMILES string of the molecule is C#CCOc1ccc(OC)c([N+](=O)[O-])c1. The predicted octanol–water partition coefficient (Wildman–Crippen LogP) is 1.62. The fourth-order valence-electron chi connectivity index (χ4n) is 1.03. The molecule has 78 valence electrons. The third-order valence-corrected chi connectivity index (χ3v) is 1.67. The Morgan fingerprint density at radius 3 is 2.87 bits per heavy atom. The molecule has 5 nitrogen and oxygen atoms in total. The summed E-state index contributed by atoms with van der Waals surface area (Å²) in [6, 6.07) is 4.29. The average molecular weight is 207 g/mol. The Kier molecular flexibility index (Phi) is 3.52. The molecule has 0 bridgehead atoms. The Labute approximate surface area is 86.8 Å². The average Bonchev–Trinajstić information content (AvgIpc) is 2.25. The minimum Gasteiger partial charge on any atom is -0.490 e. The molecule has 0 saturated heterocycles. The topological polar surface area (TPSA) is 61.6 Å². The molecule has 0 atom stereocenters. The Bertz CT molecular complexity index is 408. The summed E-state index contributed by atoms with van der Waals surface area (Å²) in [5, 5.41) is 10.6. The molecule has 1 aromatic carbocycles. The van der Waals surface area contributed by atoms with E-state index in [1.165, 1.54) is 19.2 Å². The molecule has 0 N–H and O–H groups in total. The van der Waals surface area contributed by atoms with Crippen LogP contribution in [0.2, 0.25) is 0 Å². The van der Waals surface area contributed by atoms with Crippen molar-refractivity contribution in [2.75, 3.05) is 13.7 Å². The summed E-state index contributed by atoms with van der Waals surface area (Å²) >= 11 is 0. The van der Waals surface area contributed by atoms with Gasteiger partial charge in [-0.15, -0.1) is 6.42 Å². The van der Waals surface area contributed by atoms with Crippen LogP contribution in [-0.4, -0.2) is 18.6 Å². The highest BCUT2D eigenvalue weighted by molar-refractivity contribution is 5.50. The molecule has 0 fully saturated rings. The van der Waals surface area contributed by atoms with Gasteiger partial charge in [0, 0.05) is 0 Å². The zero-order chi connectivity index (χ0) is 11.3. The van der Waals surface area contributed by atoms with E-state index in [1.54, 1.807) is 6.07 Å². The number of hydrogen-bond acceptors (Lipinski definition) is 4. The molecule has 0 spiro atoms. The van der Waals surface area contributed by atoms with E-state index in [4.69, 9.17) is 15.9 Å². The van der Waals surface area contributed by atoms with Gasteiger partial charge in [-0.2, -0.15) is 0 Å². The lowest BCUT2D eigenvalue weighted by atomic mass is 10.3. The lowest BCUT2D eigenvalue weighted by Crippen LogP contribution is -1.97. The molecule has 0 amide bonds. The number of terminal acetylenes is 1. The van der Waals surface area contributed by atoms with Gasteiger partial charge in [-0.3, -0.25) is 10.1 Å². The van der Waals surface area contributed by atoms with Crippen molar-refractivity contribution in [2.24, 2.45) is 0 Å². The number of methoxy groups -OCH3 is 1. The van der Waals surface area contributed by atoms with Crippen LogP contribution in [0.3, 0.4) is 0 Å². The second-order valence-electron chi connectivity index (χ2n) is 2.58. The molecule has 0 aliphatic rings. The van der Waals surface area contributed by atoms with Crippen LogP contribution in [0.4, 0.5) is 5.69 Å². The van der Waals surface area contributed by atoms with E-state index in [2.05, 4.69) is 5.92 Å². The summed E-state index contributed by atoms with van der Waals surface area (Å²) in [5.41, 5.74) is -0.146. The third kappa shape index (κ3) is 2.61. The van der Waals surface area contributed by atoms with Crippen molar-refractivity contribution < 1.29 is 14.4 Å². The molecule has 0 aliphatic heterocycles. The van der Waals surface area contributed by atoms with E-state index >= 15 is 0 Å². The third-order valence-electron chi connectivity index (χ3n) is 1.67. The van der Waals surface area contributed by atoms with Crippen molar-refractivity contribution in [3.8, 4) is 23.8 Å². The molecule has 1 aromatic rings. The van der Waals surface area contributed by atoms with Crippen LogP contribution < -0.4 is 9.47 Å². The highest BCUT2D eigenvalue weighted by Gasteiger charge is 2.15. The zero-order valence-corrected chi connectivity index (χ0v) is 8.10. The van der Waals surface area contributed by atoms with Gasteiger partial charge in [-0.25, -0.2) is 0 Å². The summed E-state index contributed by atoms with van der Waals surface area (Å²) in [6.07, 6.45) is 5.00. The minimum absolute atomic E-state index is 0.0729. The van der Waals surface area contributed by atoms with E-state index in [-0.39, 0.29) is 18.0 Å². The van der Waals surface area contributed by atoms with Crippen LogP contribution >= 0.6 is 0 Å². The molecule has 0 saturated carbocycles. The monoisotopic (exact) mass is 207 g/mol. The van der Waals surface area contributed by atoms with Gasteiger partial charge in [0.05, 0.1) is 18.1 Å². The lowest BCUT2D eigenvalue weighted by Gasteiger charge is -2.04. The highest BCUT2D eigenvalue weighted by atomic mass is 16.6. The molecule has 1 rings (SSSR count). The number of ether oxygens (including phenoxy) is 2. The van der Waals surface area contributed by atoms with Gasteiger partial charge < -0.3 is 9.47 Å². The van der Waals surface area contributed by atoms with Gasteiger partial charge in [-0.1, -0.05) is 5.92 Å². The number of nitro benzene ring substituents is 1. The van der Waals surface area contributed by atoms with E-state index in [1.807, 2.05) is 0 Å². The van der Waals surface area contributed by atoms with E-state index in [9.17, 15) is 10.1 Å². The maximum atomic E-state index is 10.6. The number of rotatable bonds is 4. The van der Waals surface area contributed by atoms with Crippen LogP contribution in [0.15, 0.2) is 18.2 Å². The van der Waals surface area contributed by atoms with Crippen molar-refractivity contribution >= 4 is 5.69 Å². The number of hydrogen-bond donors (Lipinski definition) is 0. The van der Waals surface area contributed by atoms with E-state index in [0.29, 0.717) is 5.75 Å². The van der Waals surface area contributed by atoms with Crippen LogP contribution in [0.5, 0.6) is 11.5 Å². The first kappa shape index (κ1) is 10.9. The second-order valence-corrected chi connectivity index (χ2v) is 2.58. The normalized spacial score (nSPS) is 9.07. The predicted molar refractivity (Wildman–Crippen MR) is 54.0 cm³/mol. The Morgan fingerprint density at radius 1 is 1.60 bits per heavy atom. The van der Waals surface area contributed by atoms with E-state index in [0.717, 1.165) is 0 Å². The fourth-order valence-corrected chi connectivity index (χ4v) is 1.03. The number of nitrogens with zero attached hydrogens (tertiary/aromatic N) is 1. The standard InChI is InChI=1S/C10H9NO4/c1-3-6-15-8-4-5-10(14-2)9(7-8)11(12)13/h1,4-5,7H,6H2,2H3. The molecule has 0 aromatic heterocycles. The smallest absolute Gasteiger partial charge is 0.314 e. The fraction of sp³-hybridized carbons (Fsp3) is 0.200. The van der Waals surface area contributed by atoms with Gasteiger partial charge in [0.1, 0.15) is 12.4 Å². The quantitative estimate of drug-likeness (QED) is 0.427. The van der Waals surface area contributed by atoms with Crippen LogP contribution in [-0.2, 0) is 0 Å². The maximum absolute atomic E-state index is 10.6. The van der Waals surface area contributed by atoms with E-state index < -0.39 is 4.92 Å². The van der Waals surface area contributed by atoms with Gasteiger partial charge in [0.25, 0.3) is 0 Å². The molecular weight excluding hydrogens is 198 g/mol. The van der Waals surface area contributed by atoms with Crippen molar-refractivity contribution in [3.05, 3.63) is 28.3 Å². The van der Waals surface area contributed by atoms with Crippen LogP contribution in [0.1, 0.15) is 0 Å². The minimum atomic E-state index is -0.540. The summed E-state index contributed by atoms with van der Waals surface area (Å²) in [5.74, 6) is 2.81. The summed E-state index contributed by atoms with van der Waals surface area (Å²) in [7, 11) is 1.37. The molecule has 0 heterocycles. The first-order chi connectivity index (χ1) is 7.19. The van der Waals surface area contributed by atoms with Crippen molar-refractivity contribution in [1.29, 1.82) is 0 Å². The van der Waals surface area contributed by atoms with Crippen LogP contribution in [0.25, 0.3) is 0 Å². The van der Waals surface area contributed by atoms with Gasteiger partial charge in [0.15, 0.2) is 5.75 Å². The molecule has 0 unspecified atom stereocenters. The van der Waals surface area contributed by atoms with Gasteiger partial charge >= 0.3 is 5.69 Å². The first-order valence-corrected chi connectivity index (χ1v) is 4.07. The van der Waals surface area contributed by atoms with Crippen molar-refractivity contribution in [3.63, 3.8) is 0 Å². The maximum Gasteiger partial charge on any atom is 0.314 e. The largest absolute Gasteiger partial charge is 0.490 e. The summed E-state index contributed by atoms with van der Waals surface area (Å²) in [6.45, 7) is 0.0729. The molecular formula is C10H9NO4. The summed E-state index contributed by atoms with van der Waals surface area (Å²) in [4.78, 5) is 10.1. The van der Waals surface area contributed by atoms with Crippen molar-refractivity contribution in [2.45, 2.75) is 0 Å². The molecule has 5 heteroatoms. The Hall–Kier alpha value is -2.22. The number of benzene rings is 1. The second kappa shape index (κ2) is 4.86. The number of nitro groups is 1. The molecule has 0 radical (unpaired) electrons. The summed E-state index contributed by atoms with van der Waals surface area (Å²) < 4.78 is 9.88. The molecule has 0 aliphatic carbocycles. The van der Waals surface area contributed by atoms with Gasteiger partial charge in [0.2, 0.25) is 0 Å². The lowest BCUT2D eigenvalue weighted by molar-refractivity contribution is -0.385. The van der Waals surface area contributed by atoms with Gasteiger partial charge in [-0.05, 0) is 12.1 Å².